The third-order valence-corrected chi connectivity index (χ3v) is 7.63. The maximum Gasteiger partial charge on any atom is 0.290 e. The van der Waals surface area contributed by atoms with Gasteiger partial charge < -0.3 is 13.9 Å². The second kappa shape index (κ2) is 7.39. The molecule has 0 fully saturated rings. The molecule has 4 heterocycles. The Labute approximate surface area is 177 Å². The minimum absolute atomic E-state index is 0.0269. The van der Waals surface area contributed by atoms with Crippen molar-refractivity contribution in [3.63, 3.8) is 0 Å². The van der Waals surface area contributed by atoms with Crippen molar-refractivity contribution < 1.29 is 9.21 Å². The highest BCUT2D eigenvalue weighted by molar-refractivity contribution is 7.98. The molecule has 5 nitrogen and oxygen atoms in total. The molecule has 0 bridgehead atoms. The number of nitrogens with zero attached hydrogens (tertiary/aromatic N) is 3. The number of furan rings is 1. The number of carbonyl (C=O) groups excluding carboxylic acids is 1. The molecule has 5 rings (SSSR count). The predicted molar refractivity (Wildman–Crippen MR) is 116 cm³/mol. The Kier molecular flexibility index (Phi) is 4.72. The molecule has 0 saturated heterocycles. The second-order valence-electron chi connectivity index (χ2n) is 7.24. The van der Waals surface area contributed by atoms with Crippen molar-refractivity contribution >= 4 is 40.0 Å². The molecule has 0 spiro atoms. The van der Waals surface area contributed by atoms with Gasteiger partial charge in [-0.2, -0.15) is 0 Å². The maximum absolute atomic E-state index is 13.6. The third-order valence-electron chi connectivity index (χ3n) is 5.55. The van der Waals surface area contributed by atoms with E-state index in [2.05, 4.69) is 23.4 Å². The summed E-state index contributed by atoms with van der Waals surface area (Å²) < 4.78 is 8.09. The second-order valence-corrected chi connectivity index (χ2v) is 9.18. The van der Waals surface area contributed by atoms with Crippen LogP contribution in [0.5, 0.6) is 0 Å². The molecular weight excluding hydrogens is 402 g/mol. The highest BCUT2D eigenvalue weighted by Crippen LogP contribution is 2.37. The van der Waals surface area contributed by atoms with Gasteiger partial charge in [-0.1, -0.05) is 30.0 Å². The Hall–Kier alpha value is -2.51. The molecule has 1 amide bonds. The van der Waals surface area contributed by atoms with Gasteiger partial charge >= 0.3 is 0 Å². The smallest absolute Gasteiger partial charge is 0.290 e. The summed E-state index contributed by atoms with van der Waals surface area (Å²) in [4.78, 5) is 21.3. The first-order valence-corrected chi connectivity index (χ1v) is 11.5. The number of thiophene rings is 1. The summed E-state index contributed by atoms with van der Waals surface area (Å²) >= 11 is 3.40. The molecule has 0 aliphatic carbocycles. The largest absolute Gasteiger partial charge is 0.451 e. The number of imidazole rings is 1. The Morgan fingerprint density at radius 1 is 1.34 bits per heavy atom. The van der Waals surface area contributed by atoms with Crippen LogP contribution in [0.2, 0.25) is 0 Å². The first kappa shape index (κ1) is 18.5. The Bertz CT molecular complexity index is 1190. The summed E-state index contributed by atoms with van der Waals surface area (Å²) in [5.41, 5.74) is 2.96. The lowest BCUT2D eigenvalue weighted by Crippen LogP contribution is -2.38. The number of aromatic nitrogens is 2. The van der Waals surface area contributed by atoms with Crippen LogP contribution in [0.25, 0.3) is 11.0 Å². The van der Waals surface area contributed by atoms with E-state index in [9.17, 15) is 4.79 Å². The lowest BCUT2D eigenvalue weighted by molar-refractivity contribution is 0.0648. The molecule has 4 aromatic rings. The third kappa shape index (κ3) is 3.18. The van der Waals surface area contributed by atoms with Crippen LogP contribution < -0.4 is 0 Å². The number of amides is 1. The van der Waals surface area contributed by atoms with Gasteiger partial charge in [0.25, 0.3) is 5.91 Å². The van der Waals surface area contributed by atoms with E-state index in [1.54, 1.807) is 29.3 Å². The number of carbonyl (C=O) groups is 1. The summed E-state index contributed by atoms with van der Waals surface area (Å²) in [6.45, 7) is 2.82. The normalized spacial score (nSPS) is 16.3. The highest BCUT2D eigenvalue weighted by Gasteiger charge is 2.32. The van der Waals surface area contributed by atoms with E-state index in [1.807, 2.05) is 47.0 Å². The van der Waals surface area contributed by atoms with Crippen molar-refractivity contribution in [1.29, 1.82) is 0 Å². The zero-order chi connectivity index (χ0) is 20.0. The van der Waals surface area contributed by atoms with Gasteiger partial charge in [0, 0.05) is 47.6 Å². The number of benzene rings is 1. The van der Waals surface area contributed by atoms with Crippen LogP contribution in [0.1, 0.15) is 39.5 Å². The van der Waals surface area contributed by atoms with Gasteiger partial charge in [0.1, 0.15) is 5.58 Å². The van der Waals surface area contributed by atoms with E-state index >= 15 is 0 Å². The average molecular weight is 424 g/mol. The summed E-state index contributed by atoms with van der Waals surface area (Å²) in [7, 11) is 1.97. The molecular formula is C22H21N3O2S2. The fourth-order valence-corrected chi connectivity index (χ4v) is 5.88. The molecule has 1 atom stereocenters. The fourth-order valence-electron chi connectivity index (χ4n) is 3.96. The Balaban J connectivity index is 1.51. The van der Waals surface area contributed by atoms with E-state index in [-0.39, 0.29) is 11.9 Å². The van der Waals surface area contributed by atoms with Gasteiger partial charge in [0.05, 0.1) is 6.04 Å². The van der Waals surface area contributed by atoms with Crippen LogP contribution in [0.3, 0.4) is 0 Å². The van der Waals surface area contributed by atoms with Crippen LogP contribution in [0.15, 0.2) is 57.7 Å². The minimum Gasteiger partial charge on any atom is -0.451 e. The first-order chi connectivity index (χ1) is 14.1. The number of rotatable bonds is 4. The summed E-state index contributed by atoms with van der Waals surface area (Å²) in [5, 5.41) is 4.03. The van der Waals surface area contributed by atoms with Crippen molar-refractivity contribution in [1.82, 2.24) is 14.5 Å². The summed E-state index contributed by atoms with van der Waals surface area (Å²) in [6, 6.07) is 10.1. The number of fused-ring (bicyclic) bond motifs is 2. The molecule has 0 radical (unpaired) electrons. The zero-order valence-corrected chi connectivity index (χ0v) is 17.9. The van der Waals surface area contributed by atoms with Crippen molar-refractivity contribution in [3.05, 3.63) is 69.9 Å². The van der Waals surface area contributed by atoms with Gasteiger partial charge in [0.15, 0.2) is 10.9 Å². The summed E-state index contributed by atoms with van der Waals surface area (Å²) in [6.07, 6.45) is 4.62. The van der Waals surface area contributed by atoms with Gasteiger partial charge in [-0.05, 0) is 36.4 Å². The number of hydrogen-bond acceptors (Lipinski definition) is 5. The lowest BCUT2D eigenvalue weighted by Gasteiger charge is -2.33. The van der Waals surface area contributed by atoms with E-state index < -0.39 is 0 Å². The number of aryl methyl sites for hydroxylation is 1. The molecule has 0 unspecified atom stereocenters. The molecule has 1 aromatic carbocycles. The average Bonchev–Trinajstić information content (AvgIpc) is 3.44. The van der Waals surface area contributed by atoms with E-state index in [4.69, 9.17) is 4.42 Å². The standard InChI is InChI=1S/C22H21N3O2S2/c1-14-15-8-12-28-19(15)7-10-25(14)21(26)20-17(13-29-22-23-9-11-24(22)2)16-5-3-4-6-18(16)27-20/h3-6,8-9,11-12,14H,7,10,13H2,1-2H3/t14-/m1/s1. The number of para-hydroxylation sites is 1. The molecule has 0 N–H and O–H groups in total. The summed E-state index contributed by atoms with van der Waals surface area (Å²) in [5.74, 6) is 1.06. The monoisotopic (exact) mass is 423 g/mol. The molecule has 7 heteroatoms. The van der Waals surface area contributed by atoms with Crippen LogP contribution in [-0.4, -0.2) is 26.9 Å². The van der Waals surface area contributed by atoms with Crippen molar-refractivity contribution in [2.45, 2.75) is 30.3 Å². The SMILES string of the molecule is C[C@@H]1c2ccsc2CCN1C(=O)c1oc2ccccc2c1CSc1nccn1C. The highest BCUT2D eigenvalue weighted by atomic mass is 32.2. The van der Waals surface area contributed by atoms with Gasteiger partial charge in [-0.25, -0.2) is 4.98 Å². The molecule has 3 aromatic heterocycles. The van der Waals surface area contributed by atoms with Crippen molar-refractivity contribution in [3.8, 4) is 0 Å². The Morgan fingerprint density at radius 2 is 2.21 bits per heavy atom. The minimum atomic E-state index is -0.0269. The van der Waals surface area contributed by atoms with Crippen LogP contribution in [-0.2, 0) is 19.2 Å². The van der Waals surface area contributed by atoms with Gasteiger partial charge in [-0.3, -0.25) is 4.79 Å². The molecule has 29 heavy (non-hydrogen) atoms. The predicted octanol–water partition coefficient (Wildman–Crippen LogP) is 5.28. The maximum atomic E-state index is 13.6. The van der Waals surface area contributed by atoms with E-state index in [1.165, 1.54) is 10.4 Å². The van der Waals surface area contributed by atoms with Crippen LogP contribution >= 0.6 is 23.1 Å². The van der Waals surface area contributed by atoms with E-state index in [0.29, 0.717) is 11.5 Å². The van der Waals surface area contributed by atoms with Gasteiger partial charge in [-0.15, -0.1) is 11.3 Å². The lowest BCUT2D eigenvalue weighted by atomic mass is 10.0. The number of thioether (sulfide) groups is 1. The quantitative estimate of drug-likeness (QED) is 0.419. The molecule has 1 aliphatic rings. The molecule has 148 valence electrons. The van der Waals surface area contributed by atoms with Crippen LogP contribution in [0, 0.1) is 0 Å². The van der Waals surface area contributed by atoms with Crippen LogP contribution in [0.4, 0.5) is 0 Å². The fraction of sp³-hybridized carbons (Fsp3) is 0.273. The van der Waals surface area contributed by atoms with Crippen molar-refractivity contribution in [2.24, 2.45) is 7.05 Å². The molecule has 0 saturated carbocycles. The topological polar surface area (TPSA) is 51.3 Å². The first-order valence-electron chi connectivity index (χ1n) is 9.61. The zero-order valence-electron chi connectivity index (χ0n) is 16.3. The Morgan fingerprint density at radius 3 is 3.03 bits per heavy atom. The number of hydrogen-bond donors (Lipinski definition) is 0. The van der Waals surface area contributed by atoms with Crippen molar-refractivity contribution in [2.75, 3.05) is 6.54 Å². The van der Waals surface area contributed by atoms with Gasteiger partial charge in [0.2, 0.25) is 0 Å². The van der Waals surface area contributed by atoms with E-state index in [0.717, 1.165) is 34.7 Å². The molecule has 1 aliphatic heterocycles.